The second-order valence-electron chi connectivity index (χ2n) is 7.04. The number of aromatic nitrogens is 1. The molecule has 0 unspecified atom stereocenters. The maximum atomic E-state index is 14.3. The Morgan fingerprint density at radius 2 is 1.59 bits per heavy atom. The molecule has 0 aliphatic heterocycles. The number of halogens is 2. The Kier molecular flexibility index (Phi) is 5.30. The highest BCUT2D eigenvalue weighted by molar-refractivity contribution is 5.77. The molecule has 0 aliphatic carbocycles. The predicted octanol–water partition coefficient (Wildman–Crippen LogP) is 6.93. The number of hydrogen-bond donors (Lipinski definition) is 0. The van der Waals surface area contributed by atoms with E-state index in [9.17, 15) is 8.78 Å². The van der Waals surface area contributed by atoms with Gasteiger partial charge in [-0.1, -0.05) is 31.5 Å². The molecule has 3 nitrogen and oxygen atoms in total. The molecule has 5 heteroatoms. The van der Waals surface area contributed by atoms with E-state index in [4.69, 9.17) is 9.15 Å². The minimum atomic E-state index is -0.700. The Hall–Kier alpha value is -3.21. The van der Waals surface area contributed by atoms with Crippen molar-refractivity contribution in [2.45, 2.75) is 26.7 Å². The first kappa shape index (κ1) is 19.1. The van der Waals surface area contributed by atoms with Crippen molar-refractivity contribution in [3.05, 3.63) is 71.8 Å². The lowest BCUT2D eigenvalue weighted by Gasteiger charge is -2.10. The molecule has 0 spiro atoms. The topological polar surface area (TPSA) is 35.3 Å². The van der Waals surface area contributed by atoms with Crippen LogP contribution in [0.1, 0.15) is 25.3 Å². The van der Waals surface area contributed by atoms with Gasteiger partial charge in [0.15, 0.2) is 23.0 Å². The SMILES string of the molecule is CCCCOc1c(F)cc(-c2ccc(-c3nc4cc(C)ccc4o3)cc2)cc1F. The molecular formula is C24H21F2NO2. The lowest BCUT2D eigenvalue weighted by atomic mass is 10.0. The number of benzene rings is 3. The fourth-order valence-electron chi connectivity index (χ4n) is 3.15. The molecular weight excluding hydrogens is 372 g/mol. The number of ether oxygens (including phenoxy) is 1. The van der Waals surface area contributed by atoms with Gasteiger partial charge in [-0.15, -0.1) is 0 Å². The van der Waals surface area contributed by atoms with Crippen molar-refractivity contribution in [2.75, 3.05) is 6.61 Å². The number of nitrogens with zero attached hydrogens (tertiary/aromatic N) is 1. The molecule has 148 valence electrons. The van der Waals surface area contributed by atoms with Crippen LogP contribution >= 0.6 is 0 Å². The van der Waals surface area contributed by atoms with Crippen LogP contribution in [0.15, 0.2) is 59.0 Å². The Bertz CT molecular complexity index is 1130. The number of unbranched alkanes of at least 4 members (excludes halogenated alkanes) is 1. The van der Waals surface area contributed by atoms with Crippen LogP contribution in [0.5, 0.6) is 5.75 Å². The van der Waals surface area contributed by atoms with Gasteiger partial charge in [0.25, 0.3) is 0 Å². The van der Waals surface area contributed by atoms with E-state index in [1.165, 1.54) is 12.1 Å². The van der Waals surface area contributed by atoms with Gasteiger partial charge in [0.05, 0.1) is 6.61 Å². The summed E-state index contributed by atoms with van der Waals surface area (Å²) in [4.78, 5) is 4.52. The Labute approximate surface area is 168 Å². The third-order valence-electron chi connectivity index (χ3n) is 4.75. The molecule has 4 rings (SSSR count). The molecule has 0 saturated carbocycles. The van der Waals surface area contributed by atoms with Gasteiger partial charge < -0.3 is 9.15 Å². The summed E-state index contributed by atoms with van der Waals surface area (Å²) in [5.41, 5.74) is 4.56. The number of oxazole rings is 1. The van der Waals surface area contributed by atoms with Crippen LogP contribution in [0.3, 0.4) is 0 Å². The first-order valence-electron chi connectivity index (χ1n) is 9.65. The van der Waals surface area contributed by atoms with Gasteiger partial charge in [-0.05, 0) is 66.4 Å². The molecule has 0 amide bonds. The maximum Gasteiger partial charge on any atom is 0.227 e. The lowest BCUT2D eigenvalue weighted by Crippen LogP contribution is -2.01. The number of hydrogen-bond acceptors (Lipinski definition) is 3. The normalized spacial score (nSPS) is 11.2. The Balaban J connectivity index is 1.60. The molecule has 29 heavy (non-hydrogen) atoms. The van der Waals surface area contributed by atoms with Crippen molar-refractivity contribution < 1.29 is 17.9 Å². The second kappa shape index (κ2) is 8.03. The van der Waals surface area contributed by atoms with Crippen LogP contribution in [0, 0.1) is 18.6 Å². The summed E-state index contributed by atoms with van der Waals surface area (Å²) in [7, 11) is 0. The summed E-state index contributed by atoms with van der Waals surface area (Å²) in [6.45, 7) is 4.29. The zero-order valence-corrected chi connectivity index (χ0v) is 16.3. The largest absolute Gasteiger partial charge is 0.488 e. The fraction of sp³-hybridized carbons (Fsp3) is 0.208. The van der Waals surface area contributed by atoms with E-state index in [-0.39, 0.29) is 5.75 Å². The van der Waals surface area contributed by atoms with E-state index in [1.807, 2.05) is 44.2 Å². The average molecular weight is 393 g/mol. The monoisotopic (exact) mass is 393 g/mol. The standard InChI is InChI=1S/C24H21F2NO2/c1-3-4-11-28-23-19(25)13-18(14-20(23)26)16-6-8-17(9-7-16)24-27-21-12-15(2)5-10-22(21)29-24/h5-10,12-14H,3-4,11H2,1-2H3. The second-order valence-corrected chi connectivity index (χ2v) is 7.04. The molecule has 0 saturated heterocycles. The van der Waals surface area contributed by atoms with Crippen LogP contribution in [0.25, 0.3) is 33.7 Å². The van der Waals surface area contributed by atoms with Gasteiger partial charge >= 0.3 is 0 Å². The lowest BCUT2D eigenvalue weighted by molar-refractivity contribution is 0.279. The highest BCUT2D eigenvalue weighted by atomic mass is 19.1. The van der Waals surface area contributed by atoms with E-state index in [0.717, 1.165) is 35.1 Å². The highest BCUT2D eigenvalue weighted by Gasteiger charge is 2.14. The first-order valence-corrected chi connectivity index (χ1v) is 9.65. The van der Waals surface area contributed by atoms with E-state index >= 15 is 0 Å². The first-order chi connectivity index (χ1) is 14.0. The van der Waals surface area contributed by atoms with E-state index < -0.39 is 11.6 Å². The van der Waals surface area contributed by atoms with E-state index in [0.29, 0.717) is 23.6 Å². The third kappa shape index (κ3) is 3.99. The fourth-order valence-corrected chi connectivity index (χ4v) is 3.15. The molecule has 1 aromatic heterocycles. The summed E-state index contributed by atoms with van der Waals surface area (Å²) in [6, 6.07) is 15.7. The molecule has 0 N–H and O–H groups in total. The van der Waals surface area contributed by atoms with Gasteiger partial charge in [0, 0.05) is 5.56 Å². The van der Waals surface area contributed by atoms with Crippen molar-refractivity contribution >= 4 is 11.1 Å². The zero-order valence-electron chi connectivity index (χ0n) is 16.3. The van der Waals surface area contributed by atoms with E-state index in [1.54, 1.807) is 12.1 Å². The molecule has 1 heterocycles. The zero-order chi connectivity index (χ0) is 20.4. The molecule has 4 aromatic rings. The molecule has 0 bridgehead atoms. The van der Waals surface area contributed by atoms with Crippen molar-refractivity contribution in [2.24, 2.45) is 0 Å². The average Bonchev–Trinajstić information content (AvgIpc) is 3.13. The van der Waals surface area contributed by atoms with Crippen molar-refractivity contribution in [1.29, 1.82) is 0 Å². The molecule has 0 atom stereocenters. The van der Waals surface area contributed by atoms with Gasteiger partial charge in [0.1, 0.15) is 5.52 Å². The van der Waals surface area contributed by atoms with Crippen LogP contribution < -0.4 is 4.74 Å². The minimum absolute atomic E-state index is 0.294. The van der Waals surface area contributed by atoms with Gasteiger partial charge in [-0.2, -0.15) is 0 Å². The summed E-state index contributed by atoms with van der Waals surface area (Å²) in [5, 5.41) is 0. The minimum Gasteiger partial charge on any atom is -0.488 e. The van der Waals surface area contributed by atoms with Crippen LogP contribution in [-0.4, -0.2) is 11.6 Å². The highest BCUT2D eigenvalue weighted by Crippen LogP contribution is 2.31. The van der Waals surface area contributed by atoms with Crippen LogP contribution in [-0.2, 0) is 0 Å². The summed E-state index contributed by atoms with van der Waals surface area (Å²) in [6.07, 6.45) is 1.64. The molecule has 3 aromatic carbocycles. The smallest absolute Gasteiger partial charge is 0.227 e. The van der Waals surface area contributed by atoms with Gasteiger partial charge in [0.2, 0.25) is 5.89 Å². The quantitative estimate of drug-likeness (QED) is 0.333. The van der Waals surface area contributed by atoms with Crippen molar-refractivity contribution in [1.82, 2.24) is 4.98 Å². The Morgan fingerprint density at radius 1 is 0.897 bits per heavy atom. The van der Waals surface area contributed by atoms with Gasteiger partial charge in [-0.25, -0.2) is 13.8 Å². The summed E-state index contributed by atoms with van der Waals surface area (Å²) >= 11 is 0. The van der Waals surface area contributed by atoms with Gasteiger partial charge in [-0.3, -0.25) is 0 Å². The summed E-state index contributed by atoms with van der Waals surface area (Å²) < 4.78 is 39.7. The maximum absolute atomic E-state index is 14.3. The third-order valence-corrected chi connectivity index (χ3v) is 4.75. The predicted molar refractivity (Wildman–Crippen MR) is 110 cm³/mol. The van der Waals surface area contributed by atoms with Crippen molar-refractivity contribution in [3.63, 3.8) is 0 Å². The Morgan fingerprint density at radius 3 is 2.28 bits per heavy atom. The van der Waals surface area contributed by atoms with E-state index in [2.05, 4.69) is 4.98 Å². The molecule has 0 aliphatic rings. The molecule has 0 radical (unpaired) electrons. The van der Waals surface area contributed by atoms with Crippen LogP contribution in [0.4, 0.5) is 8.78 Å². The number of aryl methyl sites for hydroxylation is 1. The van der Waals surface area contributed by atoms with Crippen LogP contribution in [0.2, 0.25) is 0 Å². The number of rotatable bonds is 6. The number of fused-ring (bicyclic) bond motifs is 1. The molecule has 0 fully saturated rings. The summed E-state index contributed by atoms with van der Waals surface area (Å²) in [5.74, 6) is -1.21. The van der Waals surface area contributed by atoms with Crippen molar-refractivity contribution in [3.8, 4) is 28.3 Å².